The summed E-state index contributed by atoms with van der Waals surface area (Å²) >= 11 is 0. The molecule has 1 aliphatic carbocycles. The molecule has 2 atom stereocenters. The van der Waals surface area contributed by atoms with Crippen LogP contribution in [0.4, 0.5) is 4.39 Å². The summed E-state index contributed by atoms with van der Waals surface area (Å²) in [5.41, 5.74) is 0.806. The van der Waals surface area contributed by atoms with Crippen LogP contribution in [-0.4, -0.2) is 7.11 Å². The van der Waals surface area contributed by atoms with Crippen molar-refractivity contribution in [2.75, 3.05) is 7.11 Å². The Kier molecular flexibility index (Phi) is 3.97. The zero-order valence-electron chi connectivity index (χ0n) is 12.4. The second-order valence-electron chi connectivity index (χ2n) is 5.68. The van der Waals surface area contributed by atoms with Crippen molar-refractivity contribution in [3.05, 3.63) is 53.2 Å². The van der Waals surface area contributed by atoms with E-state index in [-0.39, 0.29) is 5.82 Å². The Morgan fingerprint density at radius 3 is 2.81 bits per heavy atom. The Labute approximate surface area is 124 Å². The van der Waals surface area contributed by atoms with Gasteiger partial charge < -0.3 is 14.5 Å². The quantitative estimate of drug-likeness (QED) is 0.877. The average Bonchev–Trinajstić information content (AvgIpc) is 3.01. The summed E-state index contributed by atoms with van der Waals surface area (Å²) in [5, 5.41) is 3.26. The van der Waals surface area contributed by atoms with Crippen molar-refractivity contribution in [2.45, 2.75) is 32.4 Å². The first-order valence-electron chi connectivity index (χ1n) is 7.29. The van der Waals surface area contributed by atoms with Gasteiger partial charge in [-0.25, -0.2) is 4.39 Å². The maximum atomic E-state index is 13.3. The summed E-state index contributed by atoms with van der Waals surface area (Å²) in [6, 6.07) is 8.61. The minimum absolute atomic E-state index is 0.254. The van der Waals surface area contributed by atoms with Crippen LogP contribution in [0.5, 0.6) is 5.75 Å². The minimum atomic E-state index is -0.254. The molecule has 1 aliphatic rings. The molecule has 1 aromatic heterocycles. The van der Waals surface area contributed by atoms with Gasteiger partial charge in [-0.15, -0.1) is 0 Å². The lowest BCUT2D eigenvalue weighted by molar-refractivity contribution is 0.403. The van der Waals surface area contributed by atoms with Gasteiger partial charge in [0.2, 0.25) is 0 Å². The van der Waals surface area contributed by atoms with Crippen LogP contribution in [0.2, 0.25) is 0 Å². The van der Waals surface area contributed by atoms with Crippen LogP contribution in [0.15, 0.2) is 34.7 Å². The van der Waals surface area contributed by atoms with E-state index in [1.54, 1.807) is 13.2 Å². The number of halogens is 1. The van der Waals surface area contributed by atoms with Crippen LogP contribution in [-0.2, 0) is 13.1 Å². The number of furan rings is 1. The maximum absolute atomic E-state index is 13.3. The van der Waals surface area contributed by atoms with Gasteiger partial charge in [-0.2, -0.15) is 0 Å². The van der Waals surface area contributed by atoms with E-state index in [1.807, 2.05) is 6.07 Å². The normalized spacial score (nSPS) is 20.5. The van der Waals surface area contributed by atoms with Crippen LogP contribution in [0.3, 0.4) is 0 Å². The van der Waals surface area contributed by atoms with Gasteiger partial charge >= 0.3 is 0 Å². The highest BCUT2D eigenvalue weighted by atomic mass is 19.1. The molecule has 0 bridgehead atoms. The molecular formula is C17H20FNO2. The van der Waals surface area contributed by atoms with Crippen molar-refractivity contribution in [3.8, 4) is 5.75 Å². The SMILES string of the molecule is COc1ccc(F)cc1CNCc1ccc(C2CC2C)o1. The van der Waals surface area contributed by atoms with Gasteiger partial charge in [0.1, 0.15) is 23.1 Å². The Bertz CT molecular complexity index is 623. The number of hydrogen-bond acceptors (Lipinski definition) is 3. The lowest BCUT2D eigenvalue weighted by Gasteiger charge is -2.09. The molecule has 2 unspecified atom stereocenters. The zero-order chi connectivity index (χ0) is 14.8. The molecule has 0 spiro atoms. The fourth-order valence-electron chi connectivity index (χ4n) is 2.61. The van der Waals surface area contributed by atoms with Gasteiger partial charge in [0, 0.05) is 18.0 Å². The van der Waals surface area contributed by atoms with E-state index < -0.39 is 0 Å². The largest absolute Gasteiger partial charge is 0.496 e. The highest BCUT2D eigenvalue weighted by molar-refractivity contribution is 5.33. The fourth-order valence-corrected chi connectivity index (χ4v) is 2.61. The molecule has 1 heterocycles. The van der Waals surface area contributed by atoms with E-state index >= 15 is 0 Å². The van der Waals surface area contributed by atoms with E-state index in [0.29, 0.717) is 24.8 Å². The first-order valence-corrected chi connectivity index (χ1v) is 7.29. The maximum Gasteiger partial charge on any atom is 0.123 e. The number of ether oxygens (including phenoxy) is 1. The fraction of sp³-hybridized carbons (Fsp3) is 0.412. The lowest BCUT2D eigenvalue weighted by atomic mass is 10.2. The van der Waals surface area contributed by atoms with Crippen LogP contribution >= 0.6 is 0 Å². The third kappa shape index (κ3) is 3.27. The van der Waals surface area contributed by atoms with Gasteiger partial charge in [0.25, 0.3) is 0 Å². The van der Waals surface area contributed by atoms with Gasteiger partial charge in [0.15, 0.2) is 0 Å². The van der Waals surface area contributed by atoms with E-state index in [4.69, 9.17) is 9.15 Å². The lowest BCUT2D eigenvalue weighted by Crippen LogP contribution is -2.13. The molecule has 0 radical (unpaired) electrons. The summed E-state index contributed by atoms with van der Waals surface area (Å²) in [6.07, 6.45) is 1.22. The molecule has 3 nitrogen and oxygen atoms in total. The van der Waals surface area contributed by atoms with Gasteiger partial charge in [0.05, 0.1) is 13.7 Å². The Balaban J connectivity index is 1.56. The summed E-state index contributed by atoms with van der Waals surface area (Å²) in [4.78, 5) is 0. The van der Waals surface area contributed by atoms with E-state index in [2.05, 4.69) is 18.3 Å². The molecule has 1 fully saturated rings. The number of rotatable bonds is 6. The molecule has 0 amide bonds. The number of hydrogen-bond donors (Lipinski definition) is 1. The zero-order valence-corrected chi connectivity index (χ0v) is 12.4. The molecule has 112 valence electrons. The van der Waals surface area contributed by atoms with Crippen LogP contribution in [0.25, 0.3) is 0 Å². The third-order valence-electron chi connectivity index (χ3n) is 4.01. The molecule has 21 heavy (non-hydrogen) atoms. The van der Waals surface area contributed by atoms with Gasteiger partial charge in [-0.1, -0.05) is 6.92 Å². The third-order valence-corrected chi connectivity index (χ3v) is 4.01. The number of benzene rings is 1. The molecule has 3 rings (SSSR count). The number of methoxy groups -OCH3 is 1. The van der Waals surface area contributed by atoms with Crippen molar-refractivity contribution in [3.63, 3.8) is 0 Å². The summed E-state index contributed by atoms with van der Waals surface area (Å²) in [6.45, 7) is 3.40. The molecule has 4 heteroatoms. The topological polar surface area (TPSA) is 34.4 Å². The first-order chi connectivity index (χ1) is 10.2. The Hall–Kier alpha value is -1.81. The second-order valence-corrected chi connectivity index (χ2v) is 5.68. The van der Waals surface area contributed by atoms with Crippen LogP contribution in [0, 0.1) is 11.7 Å². The van der Waals surface area contributed by atoms with Crippen molar-refractivity contribution in [1.82, 2.24) is 5.32 Å². The van der Waals surface area contributed by atoms with Crippen molar-refractivity contribution < 1.29 is 13.5 Å². The molecule has 0 saturated heterocycles. The molecule has 1 N–H and O–H groups in total. The van der Waals surface area contributed by atoms with E-state index in [0.717, 1.165) is 23.0 Å². The predicted molar refractivity (Wildman–Crippen MR) is 78.7 cm³/mol. The monoisotopic (exact) mass is 289 g/mol. The minimum Gasteiger partial charge on any atom is -0.496 e. The highest BCUT2D eigenvalue weighted by Gasteiger charge is 2.36. The van der Waals surface area contributed by atoms with E-state index in [1.165, 1.54) is 18.6 Å². The summed E-state index contributed by atoms with van der Waals surface area (Å²) < 4.78 is 24.3. The highest BCUT2D eigenvalue weighted by Crippen LogP contribution is 2.47. The van der Waals surface area contributed by atoms with Crippen LogP contribution < -0.4 is 10.1 Å². The average molecular weight is 289 g/mol. The first kappa shape index (κ1) is 14.1. The molecule has 1 saturated carbocycles. The predicted octanol–water partition coefficient (Wildman–Crippen LogP) is 3.84. The molecule has 0 aliphatic heterocycles. The number of nitrogens with one attached hydrogen (secondary N) is 1. The summed E-state index contributed by atoms with van der Waals surface area (Å²) in [7, 11) is 1.59. The smallest absolute Gasteiger partial charge is 0.123 e. The van der Waals surface area contributed by atoms with E-state index in [9.17, 15) is 4.39 Å². The summed E-state index contributed by atoms with van der Waals surface area (Å²) in [5.74, 6) is 3.78. The Morgan fingerprint density at radius 2 is 2.10 bits per heavy atom. The second kappa shape index (κ2) is 5.90. The molecule has 1 aromatic carbocycles. The van der Waals surface area contributed by atoms with Crippen LogP contribution in [0.1, 0.15) is 36.3 Å². The molecular weight excluding hydrogens is 269 g/mol. The Morgan fingerprint density at radius 1 is 1.29 bits per heavy atom. The van der Waals surface area contributed by atoms with Crippen molar-refractivity contribution >= 4 is 0 Å². The van der Waals surface area contributed by atoms with Crippen molar-refractivity contribution in [1.29, 1.82) is 0 Å². The standard InChI is InChI=1S/C17H20FNO2/c1-11-7-15(11)17-6-4-14(21-17)10-19-9-12-8-13(18)3-5-16(12)20-2/h3-6,8,11,15,19H,7,9-10H2,1-2H3. The van der Waals surface area contributed by atoms with Gasteiger partial charge in [-0.3, -0.25) is 0 Å². The van der Waals surface area contributed by atoms with Crippen molar-refractivity contribution in [2.24, 2.45) is 5.92 Å². The molecule has 2 aromatic rings. The van der Waals surface area contributed by atoms with Gasteiger partial charge in [-0.05, 0) is 42.7 Å².